The quantitative estimate of drug-likeness (QED) is 0.696. The smallest absolute Gasteiger partial charge is 0.0122 e. The van der Waals surface area contributed by atoms with Crippen LogP contribution in [0.1, 0.15) is 5.56 Å². The first-order valence-corrected chi connectivity index (χ1v) is 7.53. The molecule has 1 rings (SSSR count). The van der Waals surface area contributed by atoms with Crippen LogP contribution in [0.4, 0.5) is 0 Å². The molecule has 0 bridgehead atoms. The second kappa shape index (κ2) is 5.50. The highest BCUT2D eigenvalue weighted by atomic mass is 79.9. The fourth-order valence-corrected chi connectivity index (χ4v) is 2.16. The summed E-state index contributed by atoms with van der Waals surface area (Å²) in [6.07, 6.45) is 2.33. The molecule has 0 fully saturated rings. The van der Waals surface area contributed by atoms with Crippen LogP contribution in [0.25, 0.3) is 0 Å². The van der Waals surface area contributed by atoms with Gasteiger partial charge in [0.2, 0.25) is 0 Å². The summed E-state index contributed by atoms with van der Waals surface area (Å²) in [5.74, 6) is 2.00. The van der Waals surface area contributed by atoms with Gasteiger partial charge in [0.15, 0.2) is 0 Å². The fourth-order valence-electron chi connectivity index (χ4n) is 0.972. The van der Waals surface area contributed by atoms with Crippen LogP contribution in [0.15, 0.2) is 42.7 Å². The molecule has 0 radical (unpaired) electrons. The number of halogens is 1. The minimum absolute atomic E-state index is 0.126. The zero-order chi connectivity index (χ0) is 8.81. The molecular formula is C10H12BrP. The summed E-state index contributed by atoms with van der Waals surface area (Å²) in [7, 11) is 0. The molecule has 0 aliphatic heterocycles. The lowest BCUT2D eigenvalue weighted by Crippen LogP contribution is -1.86. The first kappa shape index (κ1) is 9.95. The van der Waals surface area contributed by atoms with Crippen LogP contribution in [0.5, 0.6) is 0 Å². The van der Waals surface area contributed by atoms with Gasteiger partial charge in [0.1, 0.15) is 0 Å². The maximum atomic E-state index is 3.75. The summed E-state index contributed by atoms with van der Waals surface area (Å²) in [6.45, 7) is 3.63. The van der Waals surface area contributed by atoms with Crippen molar-refractivity contribution in [2.45, 2.75) is 6.42 Å². The van der Waals surface area contributed by atoms with Crippen LogP contribution in [0.3, 0.4) is 0 Å². The van der Waals surface area contributed by atoms with Gasteiger partial charge in [0, 0.05) is 0 Å². The lowest BCUT2D eigenvalue weighted by Gasteiger charge is -2.03. The van der Waals surface area contributed by atoms with E-state index in [1.807, 2.05) is 11.9 Å². The zero-order valence-electron chi connectivity index (χ0n) is 6.91. The first-order chi connectivity index (χ1) is 5.83. The second-order valence-electron chi connectivity index (χ2n) is 2.54. The van der Waals surface area contributed by atoms with Crippen LogP contribution in [0, 0.1) is 0 Å². The summed E-state index contributed by atoms with van der Waals surface area (Å²) in [4.78, 5) is 0. The molecule has 1 aromatic rings. The number of rotatable bonds is 4. The Morgan fingerprint density at radius 3 is 2.58 bits per heavy atom. The van der Waals surface area contributed by atoms with Crippen LogP contribution < -0.4 is 0 Å². The largest absolute Gasteiger partial charge is 0.0978 e. The van der Waals surface area contributed by atoms with E-state index in [4.69, 9.17) is 0 Å². The van der Waals surface area contributed by atoms with Crippen molar-refractivity contribution in [3.63, 3.8) is 0 Å². The lowest BCUT2D eigenvalue weighted by molar-refractivity contribution is 1.15. The Bertz CT molecular complexity index is 233. The Morgan fingerprint density at radius 1 is 1.33 bits per heavy atom. The number of hydrogen-bond acceptors (Lipinski definition) is 0. The van der Waals surface area contributed by atoms with E-state index in [0.717, 1.165) is 6.42 Å². The molecule has 12 heavy (non-hydrogen) atoms. The van der Waals surface area contributed by atoms with Crippen LogP contribution >= 0.6 is 22.1 Å². The third-order valence-corrected chi connectivity index (χ3v) is 4.63. The summed E-state index contributed by atoms with van der Waals surface area (Å²) in [5, 5.41) is 0. The van der Waals surface area contributed by atoms with Gasteiger partial charge in [-0.2, -0.15) is 0 Å². The van der Waals surface area contributed by atoms with Gasteiger partial charge in [-0.1, -0.05) is 58.2 Å². The van der Waals surface area contributed by atoms with Gasteiger partial charge in [-0.25, -0.2) is 0 Å². The fraction of sp³-hybridized carbons (Fsp3) is 0.200. The molecule has 0 spiro atoms. The minimum Gasteiger partial charge on any atom is -0.0978 e. The SMILES string of the molecule is C=CP(Br)CCc1ccccc1. The van der Waals surface area contributed by atoms with E-state index in [1.165, 1.54) is 11.7 Å². The van der Waals surface area contributed by atoms with Gasteiger partial charge in [0.25, 0.3) is 0 Å². The molecule has 0 aliphatic rings. The molecule has 0 saturated carbocycles. The molecule has 0 nitrogen and oxygen atoms in total. The third-order valence-electron chi connectivity index (χ3n) is 1.66. The standard InChI is InChI=1S/C10H12BrP/c1-2-12(11)9-8-10-6-4-3-5-7-10/h2-7H,1,8-9H2. The molecule has 0 aliphatic carbocycles. The molecule has 0 amide bonds. The van der Waals surface area contributed by atoms with Crippen molar-refractivity contribution in [3.05, 3.63) is 48.3 Å². The van der Waals surface area contributed by atoms with Gasteiger partial charge in [-0.3, -0.25) is 0 Å². The molecular weight excluding hydrogens is 231 g/mol. The lowest BCUT2D eigenvalue weighted by atomic mass is 10.2. The highest BCUT2D eigenvalue weighted by Gasteiger charge is 1.97. The molecule has 1 unspecified atom stereocenters. The summed E-state index contributed by atoms with van der Waals surface area (Å²) in [6, 6.07) is 10.5. The zero-order valence-corrected chi connectivity index (χ0v) is 9.39. The van der Waals surface area contributed by atoms with Crippen LogP contribution in [0.2, 0.25) is 0 Å². The third kappa shape index (κ3) is 3.51. The molecule has 64 valence electrons. The Balaban J connectivity index is 2.38. The Labute approximate surface area is 83.2 Å². The van der Waals surface area contributed by atoms with E-state index >= 15 is 0 Å². The monoisotopic (exact) mass is 242 g/mol. The molecule has 0 heterocycles. The summed E-state index contributed by atoms with van der Waals surface area (Å²) in [5.41, 5.74) is 1.41. The molecule has 2 heteroatoms. The topological polar surface area (TPSA) is 0 Å². The predicted molar refractivity (Wildman–Crippen MR) is 61.1 cm³/mol. The summed E-state index contributed by atoms with van der Waals surface area (Å²) < 4.78 is 0. The predicted octanol–water partition coefficient (Wildman–Crippen LogP) is 4.16. The highest BCUT2D eigenvalue weighted by molar-refractivity contribution is 9.39. The first-order valence-electron chi connectivity index (χ1n) is 3.92. The normalized spacial score (nSPS) is 12.4. The second-order valence-corrected chi connectivity index (χ2v) is 6.89. The van der Waals surface area contributed by atoms with Crippen molar-refractivity contribution in [1.82, 2.24) is 0 Å². The molecule has 0 N–H and O–H groups in total. The number of hydrogen-bond donors (Lipinski definition) is 0. The Morgan fingerprint density at radius 2 is 2.00 bits per heavy atom. The Kier molecular flexibility index (Phi) is 4.57. The number of benzene rings is 1. The summed E-state index contributed by atoms with van der Waals surface area (Å²) >= 11 is 3.58. The van der Waals surface area contributed by atoms with Gasteiger partial charge in [0.05, 0.1) is 0 Å². The molecule has 0 aromatic heterocycles. The molecule has 1 atom stereocenters. The van der Waals surface area contributed by atoms with Gasteiger partial charge < -0.3 is 0 Å². The van der Waals surface area contributed by atoms with Crippen molar-refractivity contribution < 1.29 is 0 Å². The van der Waals surface area contributed by atoms with Gasteiger partial charge >= 0.3 is 0 Å². The maximum absolute atomic E-state index is 3.75. The van der Waals surface area contributed by atoms with Crippen LogP contribution in [-0.2, 0) is 6.42 Å². The van der Waals surface area contributed by atoms with E-state index in [-0.39, 0.29) is 6.62 Å². The average Bonchev–Trinajstić information content (AvgIpc) is 2.16. The van der Waals surface area contributed by atoms with Crippen molar-refractivity contribution in [1.29, 1.82) is 0 Å². The van der Waals surface area contributed by atoms with E-state index < -0.39 is 0 Å². The molecule has 0 saturated heterocycles. The molecule has 1 aromatic carbocycles. The maximum Gasteiger partial charge on any atom is -0.0122 e. The van der Waals surface area contributed by atoms with Gasteiger partial charge in [-0.15, -0.1) is 0 Å². The number of aryl methyl sites for hydroxylation is 1. The van der Waals surface area contributed by atoms with E-state index in [0.29, 0.717) is 0 Å². The Hall–Kier alpha value is -0.130. The minimum atomic E-state index is -0.126. The highest BCUT2D eigenvalue weighted by Crippen LogP contribution is 2.45. The average molecular weight is 243 g/mol. The van der Waals surface area contributed by atoms with E-state index in [9.17, 15) is 0 Å². The van der Waals surface area contributed by atoms with Gasteiger partial charge in [-0.05, 0) is 24.8 Å². The van der Waals surface area contributed by atoms with E-state index in [1.54, 1.807) is 0 Å². The van der Waals surface area contributed by atoms with Crippen molar-refractivity contribution in [2.24, 2.45) is 0 Å². The van der Waals surface area contributed by atoms with Crippen molar-refractivity contribution >= 4 is 22.1 Å². The van der Waals surface area contributed by atoms with Crippen molar-refractivity contribution in [2.75, 3.05) is 6.16 Å². The van der Waals surface area contributed by atoms with E-state index in [2.05, 4.69) is 46.3 Å². The van der Waals surface area contributed by atoms with Crippen molar-refractivity contribution in [3.8, 4) is 0 Å². The van der Waals surface area contributed by atoms with Crippen LogP contribution in [-0.4, -0.2) is 6.16 Å².